The number of allylic oxidation sites excluding steroid dienone is 1. The first-order valence-electron chi connectivity index (χ1n) is 16.2. The Balaban J connectivity index is 1.49. The Hall–Kier alpha value is -3.56. The number of anilines is 2. The number of carbonyl (C=O) groups excluding carboxylic acids is 3. The van der Waals surface area contributed by atoms with Gasteiger partial charge in [0, 0.05) is 35.8 Å². The van der Waals surface area contributed by atoms with E-state index < -0.39 is 39.4 Å². The summed E-state index contributed by atoms with van der Waals surface area (Å²) in [5.41, 5.74) is 2.55. The lowest BCUT2D eigenvalue weighted by Gasteiger charge is -2.40. The minimum absolute atomic E-state index is 0.224. The zero-order valence-corrected chi connectivity index (χ0v) is 27.1. The predicted octanol–water partition coefficient (Wildman–Crippen LogP) is 5.14. The van der Waals surface area contributed by atoms with Gasteiger partial charge in [-0.15, -0.1) is 11.8 Å². The van der Waals surface area contributed by atoms with E-state index in [9.17, 15) is 19.5 Å². The smallest absolute Gasteiger partial charge is 0.311 e. The fourth-order valence-electron chi connectivity index (χ4n) is 7.77. The van der Waals surface area contributed by atoms with E-state index in [1.54, 1.807) is 9.80 Å². The number of rotatable bonds is 7. The van der Waals surface area contributed by atoms with E-state index in [1.807, 2.05) is 73.7 Å². The number of hydrogen-bond donors (Lipinski definition) is 1. The zero-order chi connectivity index (χ0) is 31.8. The number of cyclic esters (lactones) is 1. The molecule has 6 atom stereocenters. The van der Waals surface area contributed by atoms with Crippen LogP contribution in [0.15, 0.2) is 78.9 Å². The van der Waals surface area contributed by atoms with E-state index in [0.29, 0.717) is 13.2 Å². The van der Waals surface area contributed by atoms with Gasteiger partial charge in [-0.25, -0.2) is 0 Å². The molecule has 238 valence electrons. The summed E-state index contributed by atoms with van der Waals surface area (Å²) >= 11 is 1.53. The average molecular weight is 630 g/mol. The monoisotopic (exact) mass is 629 g/mol. The summed E-state index contributed by atoms with van der Waals surface area (Å²) in [5, 5.41) is 10.8. The van der Waals surface area contributed by atoms with Crippen molar-refractivity contribution in [3.05, 3.63) is 84.5 Å². The standard InChI is InChI=1S/C36H43N3O5S/c1-4-37(5-2)26-16-18-27(19-17-26)38-22-13-21-36-29(30-34(43)44-23-12-7-6-11-20-35(30,3)45-36)32(41)39(31(36)33(38)42)28(24-40)25-14-9-8-10-15-25/h8-11,13-21,28-31,40H,4-7,12,22-24H2,1-3H3/b20-11-/t28-,29+,30-,31?,35+,36+/m1/s1. The number of carbonyl (C=O) groups is 3. The van der Waals surface area contributed by atoms with Gasteiger partial charge in [0.25, 0.3) is 5.91 Å². The number of aliphatic hydroxyl groups is 1. The summed E-state index contributed by atoms with van der Waals surface area (Å²) in [4.78, 5) is 49.3. The Morgan fingerprint density at radius 1 is 0.956 bits per heavy atom. The molecule has 1 spiro atoms. The van der Waals surface area contributed by atoms with Crippen LogP contribution in [-0.4, -0.2) is 76.2 Å². The molecule has 4 aliphatic heterocycles. The largest absolute Gasteiger partial charge is 0.465 e. The number of benzene rings is 2. The number of esters is 1. The number of amides is 2. The molecule has 2 aromatic rings. The summed E-state index contributed by atoms with van der Waals surface area (Å²) in [6.07, 6.45) is 10.7. The summed E-state index contributed by atoms with van der Waals surface area (Å²) in [6, 6.07) is 15.6. The van der Waals surface area contributed by atoms with Crippen LogP contribution in [0.5, 0.6) is 0 Å². The molecule has 45 heavy (non-hydrogen) atoms. The normalized spacial score (nSPS) is 31.0. The van der Waals surface area contributed by atoms with Crippen molar-refractivity contribution in [3.63, 3.8) is 0 Å². The highest BCUT2D eigenvalue weighted by atomic mass is 32.2. The molecule has 9 heteroatoms. The number of fused-ring (bicyclic) bond motifs is 2. The SMILES string of the molecule is CCN(CC)c1ccc(N2CC=C[C@]34S[C@@]5(C)/C=C\CCCCOC(=O)[C@H]5[C@H]3C(=O)N([C@H](CO)c3ccccc3)C4C2=O)cc1. The van der Waals surface area contributed by atoms with E-state index in [-0.39, 0.29) is 18.4 Å². The summed E-state index contributed by atoms with van der Waals surface area (Å²) in [5.74, 6) is -2.55. The van der Waals surface area contributed by atoms with Crippen molar-refractivity contribution in [3.8, 4) is 0 Å². The first kappa shape index (κ1) is 31.4. The molecule has 0 bridgehead atoms. The van der Waals surface area contributed by atoms with Gasteiger partial charge in [-0.3, -0.25) is 14.4 Å². The maximum absolute atomic E-state index is 15.0. The molecule has 2 aromatic carbocycles. The van der Waals surface area contributed by atoms with E-state index >= 15 is 0 Å². The van der Waals surface area contributed by atoms with Crippen LogP contribution in [0.3, 0.4) is 0 Å². The molecule has 0 saturated carbocycles. The molecule has 4 aliphatic rings. The van der Waals surface area contributed by atoms with Crippen LogP contribution in [0.1, 0.15) is 51.6 Å². The van der Waals surface area contributed by atoms with Gasteiger partial charge in [0.15, 0.2) is 0 Å². The predicted molar refractivity (Wildman–Crippen MR) is 178 cm³/mol. The van der Waals surface area contributed by atoms with Crippen LogP contribution >= 0.6 is 11.8 Å². The van der Waals surface area contributed by atoms with Gasteiger partial charge in [0.2, 0.25) is 5.91 Å². The first-order valence-corrected chi connectivity index (χ1v) is 17.0. The van der Waals surface area contributed by atoms with Crippen LogP contribution in [-0.2, 0) is 19.1 Å². The van der Waals surface area contributed by atoms with Crippen LogP contribution in [0, 0.1) is 11.8 Å². The molecule has 1 unspecified atom stereocenters. The molecule has 0 aromatic heterocycles. The molecular weight excluding hydrogens is 586 g/mol. The Kier molecular flexibility index (Phi) is 8.85. The maximum Gasteiger partial charge on any atom is 0.311 e. The summed E-state index contributed by atoms with van der Waals surface area (Å²) in [6.45, 7) is 8.25. The van der Waals surface area contributed by atoms with Gasteiger partial charge in [-0.2, -0.15) is 0 Å². The highest BCUT2D eigenvalue weighted by molar-refractivity contribution is 8.02. The van der Waals surface area contributed by atoms with Crippen LogP contribution in [0.2, 0.25) is 0 Å². The number of thioether (sulfide) groups is 1. The third-order valence-corrected chi connectivity index (χ3v) is 11.7. The second-order valence-corrected chi connectivity index (χ2v) is 14.2. The molecule has 2 saturated heterocycles. The molecule has 8 nitrogen and oxygen atoms in total. The van der Waals surface area contributed by atoms with Gasteiger partial charge < -0.3 is 24.5 Å². The lowest BCUT2D eigenvalue weighted by atomic mass is 9.74. The average Bonchev–Trinajstić information content (AvgIpc) is 3.38. The van der Waals surface area contributed by atoms with Gasteiger partial charge in [0.05, 0.1) is 35.8 Å². The Bertz CT molecular complexity index is 1480. The molecule has 0 aliphatic carbocycles. The van der Waals surface area contributed by atoms with Crippen molar-refractivity contribution in [2.24, 2.45) is 11.8 Å². The van der Waals surface area contributed by atoms with Crippen LogP contribution in [0.4, 0.5) is 11.4 Å². The van der Waals surface area contributed by atoms with Crippen LogP contribution in [0.25, 0.3) is 0 Å². The van der Waals surface area contributed by atoms with Crippen molar-refractivity contribution in [2.45, 2.75) is 61.6 Å². The number of aliphatic hydroxyl groups excluding tert-OH is 1. The zero-order valence-electron chi connectivity index (χ0n) is 26.3. The molecule has 1 N–H and O–H groups in total. The number of nitrogens with zero attached hydrogens (tertiary/aromatic N) is 3. The minimum atomic E-state index is -1.04. The van der Waals surface area contributed by atoms with E-state index in [2.05, 4.69) is 30.9 Å². The fourth-order valence-corrected chi connectivity index (χ4v) is 9.91. The maximum atomic E-state index is 15.0. The van der Waals surface area contributed by atoms with E-state index in [1.165, 1.54) is 11.8 Å². The highest BCUT2D eigenvalue weighted by Gasteiger charge is 2.74. The molecule has 2 fully saturated rings. The molecular formula is C36H43N3O5S. The highest BCUT2D eigenvalue weighted by Crippen LogP contribution is 2.66. The van der Waals surface area contributed by atoms with Gasteiger partial charge in [0.1, 0.15) is 6.04 Å². The second-order valence-electron chi connectivity index (χ2n) is 12.5. The van der Waals surface area contributed by atoms with Crippen molar-refractivity contribution in [1.82, 2.24) is 4.90 Å². The van der Waals surface area contributed by atoms with E-state index in [4.69, 9.17) is 4.74 Å². The molecule has 6 rings (SSSR count). The third kappa shape index (κ3) is 5.27. The lowest BCUT2D eigenvalue weighted by Crippen LogP contribution is -2.54. The summed E-state index contributed by atoms with van der Waals surface area (Å²) in [7, 11) is 0. The minimum Gasteiger partial charge on any atom is -0.465 e. The second kappa shape index (κ2) is 12.7. The third-order valence-electron chi connectivity index (χ3n) is 9.92. The van der Waals surface area contributed by atoms with Gasteiger partial charge in [-0.05, 0) is 69.9 Å². The van der Waals surface area contributed by atoms with Crippen molar-refractivity contribution in [1.29, 1.82) is 0 Å². The topological polar surface area (TPSA) is 90.4 Å². The quantitative estimate of drug-likeness (QED) is 0.335. The Morgan fingerprint density at radius 2 is 1.69 bits per heavy atom. The first-order chi connectivity index (χ1) is 21.8. The van der Waals surface area contributed by atoms with Gasteiger partial charge in [-0.1, -0.05) is 54.6 Å². The van der Waals surface area contributed by atoms with Crippen molar-refractivity contribution < 1.29 is 24.2 Å². The molecule has 2 amide bonds. The number of likely N-dealkylation sites (tertiary alicyclic amines) is 1. The fraction of sp³-hybridized carbons (Fsp3) is 0.472. The van der Waals surface area contributed by atoms with Gasteiger partial charge >= 0.3 is 5.97 Å². The Labute approximate surface area is 270 Å². The van der Waals surface area contributed by atoms with E-state index in [0.717, 1.165) is 49.3 Å². The number of ether oxygens (including phenoxy) is 1. The summed E-state index contributed by atoms with van der Waals surface area (Å²) < 4.78 is 4.01. The number of hydrogen-bond acceptors (Lipinski definition) is 7. The Morgan fingerprint density at radius 3 is 2.38 bits per heavy atom. The van der Waals surface area contributed by atoms with Crippen molar-refractivity contribution >= 4 is 40.9 Å². The lowest BCUT2D eigenvalue weighted by molar-refractivity contribution is -0.154. The molecule has 0 radical (unpaired) electrons. The van der Waals surface area contributed by atoms with Crippen molar-refractivity contribution in [2.75, 3.05) is 42.6 Å². The van der Waals surface area contributed by atoms with Crippen LogP contribution < -0.4 is 9.80 Å². The molecule has 4 heterocycles.